The normalized spacial score (nSPS) is 12.6. The highest BCUT2D eigenvalue weighted by Gasteiger charge is 2.29. The van der Waals surface area contributed by atoms with Crippen LogP contribution in [-0.4, -0.2) is 65.5 Å². The van der Waals surface area contributed by atoms with E-state index in [1.807, 2.05) is 29.8 Å². The number of carboxylic acids is 1. The van der Waals surface area contributed by atoms with Gasteiger partial charge in [-0.1, -0.05) is 86.1 Å². The molecule has 0 saturated carbocycles. The van der Waals surface area contributed by atoms with Crippen molar-refractivity contribution in [2.45, 2.75) is 49.8 Å². The van der Waals surface area contributed by atoms with E-state index >= 15 is 0 Å². The Balaban J connectivity index is 1.55. The van der Waals surface area contributed by atoms with E-state index < -0.39 is 40.1 Å². The second-order valence-electron chi connectivity index (χ2n) is 10.4. The Morgan fingerprint density at radius 3 is 2.24 bits per heavy atom. The highest BCUT2D eigenvalue weighted by atomic mass is 32.2. The maximum atomic E-state index is 13.2. The minimum Gasteiger partial charge on any atom is -0.479 e. The molecule has 0 bridgehead atoms. The summed E-state index contributed by atoms with van der Waals surface area (Å²) < 4.78 is 29.3. The van der Waals surface area contributed by atoms with Gasteiger partial charge < -0.3 is 20.8 Å². The molecule has 0 saturated heterocycles. The summed E-state index contributed by atoms with van der Waals surface area (Å²) in [5.74, 6) is -2.05. The van der Waals surface area contributed by atoms with Crippen molar-refractivity contribution in [3.8, 4) is 11.1 Å². The highest BCUT2D eigenvalue weighted by molar-refractivity contribution is 7.90. The van der Waals surface area contributed by atoms with Gasteiger partial charge in [-0.15, -0.1) is 0 Å². The first-order valence-electron chi connectivity index (χ1n) is 14.3. The monoisotopic (exact) mass is 633 g/mol. The number of sulfonamides is 1. The molecule has 1 aromatic heterocycles. The van der Waals surface area contributed by atoms with Gasteiger partial charge in [-0.05, 0) is 41.7 Å². The topological polar surface area (TPSA) is 180 Å². The molecule has 0 radical (unpaired) electrons. The summed E-state index contributed by atoms with van der Waals surface area (Å²) in [6.45, 7) is 2.31. The SMILES string of the molecule is CCCc1cc(C(=O)NC(Cc2ccccc2)C(O)C(=O)O)nn1Cc1ccc(-c2ccccc2S(=O)(=O)NC(=O)NC)cc1. The van der Waals surface area contributed by atoms with Gasteiger partial charge in [0.2, 0.25) is 0 Å². The molecule has 0 fully saturated rings. The number of benzene rings is 3. The summed E-state index contributed by atoms with van der Waals surface area (Å²) in [6, 6.07) is 22.2. The fourth-order valence-corrected chi connectivity index (χ4v) is 6.00. The molecule has 0 aliphatic heterocycles. The third kappa shape index (κ3) is 8.34. The lowest BCUT2D eigenvalue weighted by Crippen LogP contribution is -2.48. The quantitative estimate of drug-likeness (QED) is 0.149. The Morgan fingerprint density at radius 2 is 1.60 bits per heavy atom. The largest absolute Gasteiger partial charge is 0.479 e. The first kappa shape index (κ1) is 32.9. The van der Waals surface area contributed by atoms with E-state index in [4.69, 9.17) is 0 Å². The summed E-state index contributed by atoms with van der Waals surface area (Å²) >= 11 is 0. The van der Waals surface area contributed by atoms with E-state index in [9.17, 15) is 33.0 Å². The number of nitrogens with zero attached hydrogens (tertiary/aromatic N) is 2. The summed E-state index contributed by atoms with van der Waals surface area (Å²) in [4.78, 5) is 36.4. The molecule has 0 spiro atoms. The van der Waals surface area contributed by atoms with Crippen LogP contribution in [0.25, 0.3) is 11.1 Å². The van der Waals surface area contributed by atoms with E-state index in [0.717, 1.165) is 23.2 Å². The van der Waals surface area contributed by atoms with Crippen molar-refractivity contribution in [3.63, 3.8) is 0 Å². The van der Waals surface area contributed by atoms with Crippen molar-refractivity contribution >= 4 is 27.9 Å². The lowest BCUT2D eigenvalue weighted by molar-refractivity contribution is -0.148. The number of carbonyl (C=O) groups is 3. The van der Waals surface area contributed by atoms with Crippen molar-refractivity contribution in [2.75, 3.05) is 7.05 Å². The molecule has 3 amide bonds. The predicted octanol–water partition coefficient (Wildman–Crippen LogP) is 2.96. The zero-order valence-corrected chi connectivity index (χ0v) is 25.6. The Bertz CT molecular complexity index is 1760. The molecule has 0 aliphatic rings. The van der Waals surface area contributed by atoms with Crippen LogP contribution in [0.2, 0.25) is 0 Å². The number of hydrogen-bond acceptors (Lipinski definition) is 7. The number of amides is 3. The fraction of sp³-hybridized carbons (Fsp3) is 0.250. The summed E-state index contributed by atoms with van der Waals surface area (Å²) in [5, 5.41) is 29.1. The van der Waals surface area contributed by atoms with Crippen LogP contribution in [0, 0.1) is 0 Å². The number of aryl methyl sites for hydroxylation is 1. The molecular formula is C32H35N5O7S. The van der Waals surface area contributed by atoms with Crippen LogP contribution in [0.5, 0.6) is 0 Å². The molecule has 236 valence electrons. The average molecular weight is 634 g/mol. The molecule has 12 nitrogen and oxygen atoms in total. The van der Waals surface area contributed by atoms with E-state index in [1.54, 1.807) is 65.3 Å². The lowest BCUT2D eigenvalue weighted by Gasteiger charge is -2.21. The average Bonchev–Trinajstić information content (AvgIpc) is 3.43. The second-order valence-corrected chi connectivity index (χ2v) is 12.0. The molecular weight excluding hydrogens is 598 g/mol. The number of aliphatic carboxylic acids is 1. The van der Waals surface area contributed by atoms with E-state index in [1.165, 1.54) is 13.1 Å². The van der Waals surface area contributed by atoms with Gasteiger partial charge in [0, 0.05) is 18.3 Å². The van der Waals surface area contributed by atoms with Crippen molar-refractivity contribution in [2.24, 2.45) is 0 Å². The van der Waals surface area contributed by atoms with Crippen molar-refractivity contribution in [1.82, 2.24) is 25.1 Å². The van der Waals surface area contributed by atoms with E-state index in [-0.39, 0.29) is 17.0 Å². The van der Waals surface area contributed by atoms with Crippen LogP contribution in [0.3, 0.4) is 0 Å². The van der Waals surface area contributed by atoms with Crippen LogP contribution in [-0.2, 0) is 34.2 Å². The number of aliphatic hydroxyl groups is 1. The van der Waals surface area contributed by atoms with Gasteiger partial charge >= 0.3 is 12.0 Å². The number of carbonyl (C=O) groups excluding carboxylic acids is 2. The van der Waals surface area contributed by atoms with E-state index in [2.05, 4.69) is 15.7 Å². The molecule has 4 rings (SSSR count). The summed E-state index contributed by atoms with van der Waals surface area (Å²) in [6.07, 6.45) is -0.284. The van der Waals surface area contributed by atoms with Gasteiger partial charge in [0.25, 0.3) is 15.9 Å². The van der Waals surface area contributed by atoms with Crippen LogP contribution in [0.15, 0.2) is 89.8 Å². The maximum absolute atomic E-state index is 13.2. The zero-order chi connectivity index (χ0) is 32.6. The Morgan fingerprint density at radius 1 is 0.933 bits per heavy atom. The summed E-state index contributed by atoms with van der Waals surface area (Å²) in [7, 11) is -2.80. The van der Waals surface area contributed by atoms with Gasteiger partial charge in [-0.25, -0.2) is 22.7 Å². The fourth-order valence-electron chi connectivity index (χ4n) is 4.81. The molecule has 1 heterocycles. The first-order valence-corrected chi connectivity index (χ1v) is 15.8. The number of nitrogens with one attached hydrogen (secondary N) is 3. The van der Waals surface area contributed by atoms with Gasteiger partial charge in [-0.2, -0.15) is 5.10 Å². The van der Waals surface area contributed by atoms with Crippen LogP contribution in [0.1, 0.15) is 40.7 Å². The number of carboxylic acid groups (broad SMARTS) is 1. The number of aliphatic hydroxyl groups excluding tert-OH is 1. The van der Waals surface area contributed by atoms with Crippen LogP contribution in [0.4, 0.5) is 4.79 Å². The first-order chi connectivity index (χ1) is 21.5. The smallest absolute Gasteiger partial charge is 0.334 e. The molecule has 4 aromatic rings. The second kappa shape index (κ2) is 14.6. The molecule has 2 atom stereocenters. The standard InChI is InChI=1S/C32H35N5O7S/c1-3-9-24-19-27(30(39)34-26(29(38)31(40)41)18-21-10-5-4-6-11-21)35-37(24)20-22-14-16-23(17-15-22)25-12-7-8-13-28(25)45(43,44)36-32(42)33-2/h4-8,10-17,19,26,29,38H,3,9,18,20H2,1-2H3,(H,34,39)(H,40,41)(H2,33,36,42). The van der Waals surface area contributed by atoms with Crippen molar-refractivity contribution in [3.05, 3.63) is 107 Å². The molecule has 3 aromatic carbocycles. The van der Waals surface area contributed by atoms with Crippen molar-refractivity contribution in [1.29, 1.82) is 0 Å². The number of rotatable bonds is 13. The zero-order valence-electron chi connectivity index (χ0n) is 24.8. The van der Waals surface area contributed by atoms with Gasteiger partial charge in [0.15, 0.2) is 6.10 Å². The van der Waals surface area contributed by atoms with Gasteiger partial charge in [0.05, 0.1) is 17.5 Å². The molecule has 0 aliphatic carbocycles. The predicted molar refractivity (Wildman–Crippen MR) is 167 cm³/mol. The Kier molecular flexibility index (Phi) is 10.7. The number of aromatic nitrogens is 2. The van der Waals surface area contributed by atoms with E-state index in [0.29, 0.717) is 24.1 Å². The minimum absolute atomic E-state index is 0.0482. The molecule has 45 heavy (non-hydrogen) atoms. The van der Waals surface area contributed by atoms with Crippen LogP contribution >= 0.6 is 0 Å². The lowest BCUT2D eigenvalue weighted by atomic mass is 10.0. The van der Waals surface area contributed by atoms with Gasteiger partial charge in [-0.3, -0.25) is 9.48 Å². The highest BCUT2D eigenvalue weighted by Crippen LogP contribution is 2.28. The molecule has 2 unspecified atom stereocenters. The molecule has 5 N–H and O–H groups in total. The Labute approximate surface area is 261 Å². The third-order valence-electron chi connectivity index (χ3n) is 7.08. The van der Waals surface area contributed by atoms with Crippen molar-refractivity contribution < 1.29 is 33.0 Å². The maximum Gasteiger partial charge on any atom is 0.334 e. The van der Waals surface area contributed by atoms with Crippen LogP contribution < -0.4 is 15.4 Å². The minimum atomic E-state index is -4.13. The summed E-state index contributed by atoms with van der Waals surface area (Å²) in [5.41, 5.74) is 3.51. The Hall–Kier alpha value is -5.01. The third-order valence-corrected chi connectivity index (χ3v) is 8.47. The number of urea groups is 1. The van der Waals surface area contributed by atoms with Gasteiger partial charge in [0.1, 0.15) is 5.69 Å². The number of hydrogen-bond donors (Lipinski definition) is 5. The molecule has 13 heteroatoms.